The van der Waals surface area contributed by atoms with Crippen molar-refractivity contribution in [3.05, 3.63) is 35.6 Å². The molecule has 2 aliphatic heterocycles. The van der Waals surface area contributed by atoms with E-state index in [1.807, 2.05) is 0 Å². The number of piperidine rings is 1. The van der Waals surface area contributed by atoms with Crippen LogP contribution < -0.4 is 0 Å². The van der Waals surface area contributed by atoms with Gasteiger partial charge in [-0.15, -0.1) is 0 Å². The van der Waals surface area contributed by atoms with Gasteiger partial charge in [-0.25, -0.2) is 4.39 Å². The van der Waals surface area contributed by atoms with Crippen molar-refractivity contribution in [2.24, 2.45) is 5.92 Å². The fourth-order valence-corrected chi connectivity index (χ4v) is 4.37. The zero-order chi connectivity index (χ0) is 17.3. The Morgan fingerprint density at radius 3 is 2.56 bits per heavy atom. The van der Waals surface area contributed by atoms with Crippen molar-refractivity contribution in [2.45, 2.75) is 31.1 Å². The molecule has 1 aliphatic carbocycles. The number of hydrogen-bond donors (Lipinski definition) is 0. The second-order valence-corrected chi connectivity index (χ2v) is 7.76. The van der Waals surface area contributed by atoms with Crippen LogP contribution in [0.4, 0.5) is 4.39 Å². The van der Waals surface area contributed by atoms with Crippen LogP contribution in [0.5, 0.6) is 0 Å². The van der Waals surface area contributed by atoms with Gasteiger partial charge >= 0.3 is 0 Å². The normalized spacial score (nSPS) is 26.4. The number of nitrogens with zero attached hydrogens (tertiary/aromatic N) is 2. The lowest BCUT2D eigenvalue weighted by atomic mass is 9.91. The molecule has 0 radical (unpaired) electrons. The minimum atomic E-state index is -0.380. The lowest BCUT2D eigenvalue weighted by molar-refractivity contribution is -0.136. The van der Waals surface area contributed by atoms with E-state index in [-0.39, 0.29) is 17.1 Å². The van der Waals surface area contributed by atoms with Crippen molar-refractivity contribution in [2.75, 3.05) is 45.9 Å². The Balaban J connectivity index is 1.40. The van der Waals surface area contributed by atoms with Crippen LogP contribution in [0, 0.1) is 11.7 Å². The summed E-state index contributed by atoms with van der Waals surface area (Å²) in [6, 6.07) is 6.52. The first kappa shape index (κ1) is 17.0. The number of benzene rings is 1. The molecule has 3 aliphatic rings. The topological polar surface area (TPSA) is 32.8 Å². The van der Waals surface area contributed by atoms with Crippen LogP contribution in [0.1, 0.15) is 31.2 Å². The third kappa shape index (κ3) is 3.58. The number of carbonyl (C=O) groups excluding carboxylic acids is 1. The van der Waals surface area contributed by atoms with E-state index in [1.54, 1.807) is 12.1 Å². The number of halogens is 1. The Labute approximate surface area is 148 Å². The molecule has 0 bridgehead atoms. The minimum absolute atomic E-state index is 0.240. The SMILES string of the molecule is O=C(N1CCC[C@H](CN2CCOCC2)C1)C1(c2ccc(F)cc2)CC1. The minimum Gasteiger partial charge on any atom is -0.379 e. The summed E-state index contributed by atoms with van der Waals surface area (Å²) in [5.74, 6) is 0.571. The molecule has 136 valence electrons. The van der Waals surface area contributed by atoms with Crippen molar-refractivity contribution < 1.29 is 13.9 Å². The Kier molecular flexibility index (Phi) is 4.78. The largest absolute Gasteiger partial charge is 0.379 e. The van der Waals surface area contributed by atoms with Gasteiger partial charge in [-0.2, -0.15) is 0 Å². The second-order valence-electron chi connectivity index (χ2n) is 7.76. The highest BCUT2D eigenvalue weighted by Crippen LogP contribution is 2.50. The molecule has 1 aromatic rings. The molecule has 0 spiro atoms. The van der Waals surface area contributed by atoms with Gasteiger partial charge in [0.2, 0.25) is 5.91 Å². The molecular formula is C20H27FN2O2. The Morgan fingerprint density at radius 2 is 1.88 bits per heavy atom. The molecule has 0 aromatic heterocycles. The summed E-state index contributed by atoms with van der Waals surface area (Å²) in [6.45, 7) is 6.44. The summed E-state index contributed by atoms with van der Waals surface area (Å²) in [4.78, 5) is 17.7. The highest BCUT2D eigenvalue weighted by Gasteiger charge is 2.53. The maximum absolute atomic E-state index is 13.2. The zero-order valence-electron chi connectivity index (χ0n) is 14.8. The highest BCUT2D eigenvalue weighted by atomic mass is 19.1. The molecule has 0 N–H and O–H groups in total. The van der Waals surface area contributed by atoms with Gasteiger partial charge < -0.3 is 9.64 Å². The monoisotopic (exact) mass is 346 g/mol. The third-order valence-corrected chi connectivity index (χ3v) is 5.98. The van der Waals surface area contributed by atoms with E-state index in [0.717, 1.165) is 70.8 Å². The number of rotatable bonds is 4. The number of amides is 1. The maximum Gasteiger partial charge on any atom is 0.233 e. The molecule has 25 heavy (non-hydrogen) atoms. The molecule has 0 unspecified atom stereocenters. The quantitative estimate of drug-likeness (QED) is 0.839. The molecule has 1 amide bonds. The third-order valence-electron chi connectivity index (χ3n) is 5.98. The van der Waals surface area contributed by atoms with Crippen LogP contribution in [0.2, 0.25) is 0 Å². The number of hydrogen-bond acceptors (Lipinski definition) is 3. The summed E-state index contributed by atoms with van der Waals surface area (Å²) >= 11 is 0. The van der Waals surface area contributed by atoms with Crippen LogP contribution in [-0.2, 0) is 14.9 Å². The van der Waals surface area contributed by atoms with E-state index in [9.17, 15) is 9.18 Å². The Morgan fingerprint density at radius 1 is 1.16 bits per heavy atom. The van der Waals surface area contributed by atoms with Gasteiger partial charge in [0.05, 0.1) is 18.6 Å². The van der Waals surface area contributed by atoms with Gasteiger partial charge in [0.1, 0.15) is 5.82 Å². The number of likely N-dealkylation sites (tertiary alicyclic amines) is 1. The van der Waals surface area contributed by atoms with Crippen LogP contribution in [0.15, 0.2) is 24.3 Å². The molecule has 1 aromatic carbocycles. The van der Waals surface area contributed by atoms with Crippen LogP contribution >= 0.6 is 0 Å². The lowest BCUT2D eigenvalue weighted by Gasteiger charge is -2.38. The van der Waals surface area contributed by atoms with Gasteiger partial charge in [0.25, 0.3) is 0 Å². The van der Waals surface area contributed by atoms with Crippen molar-refractivity contribution in [1.82, 2.24) is 9.80 Å². The summed E-state index contributed by atoms with van der Waals surface area (Å²) in [7, 11) is 0. The Hall–Kier alpha value is -1.46. The van der Waals surface area contributed by atoms with Gasteiger partial charge in [0.15, 0.2) is 0 Å². The maximum atomic E-state index is 13.2. The molecule has 2 saturated heterocycles. The summed E-state index contributed by atoms with van der Waals surface area (Å²) in [5.41, 5.74) is 0.600. The molecule has 4 rings (SSSR count). The van der Waals surface area contributed by atoms with Gasteiger partial charge in [-0.3, -0.25) is 9.69 Å². The molecule has 3 fully saturated rings. The Bertz CT molecular complexity index is 609. The van der Waals surface area contributed by atoms with Gasteiger partial charge in [-0.1, -0.05) is 12.1 Å². The van der Waals surface area contributed by atoms with Crippen molar-refractivity contribution in [1.29, 1.82) is 0 Å². The summed E-state index contributed by atoms with van der Waals surface area (Å²) in [5, 5.41) is 0. The van der Waals surface area contributed by atoms with E-state index in [2.05, 4.69) is 9.80 Å². The fourth-order valence-electron chi connectivity index (χ4n) is 4.37. The van der Waals surface area contributed by atoms with E-state index in [0.29, 0.717) is 5.92 Å². The predicted octanol–water partition coefficient (Wildman–Crippen LogP) is 2.43. The number of carbonyl (C=O) groups is 1. The summed E-state index contributed by atoms with van der Waals surface area (Å²) in [6.07, 6.45) is 4.06. The van der Waals surface area contributed by atoms with Crippen molar-refractivity contribution in [3.63, 3.8) is 0 Å². The van der Waals surface area contributed by atoms with Crippen molar-refractivity contribution >= 4 is 5.91 Å². The molecule has 1 atom stereocenters. The molecular weight excluding hydrogens is 319 g/mol. The zero-order valence-corrected chi connectivity index (χ0v) is 14.8. The predicted molar refractivity (Wildman–Crippen MR) is 93.9 cm³/mol. The van der Waals surface area contributed by atoms with Gasteiger partial charge in [0, 0.05) is 32.7 Å². The molecule has 5 heteroatoms. The lowest BCUT2D eigenvalue weighted by Crippen LogP contribution is -2.48. The van der Waals surface area contributed by atoms with E-state index >= 15 is 0 Å². The first-order valence-corrected chi connectivity index (χ1v) is 9.53. The van der Waals surface area contributed by atoms with Crippen LogP contribution in [0.3, 0.4) is 0 Å². The smallest absolute Gasteiger partial charge is 0.233 e. The van der Waals surface area contributed by atoms with E-state index in [1.165, 1.54) is 18.6 Å². The van der Waals surface area contributed by atoms with E-state index < -0.39 is 0 Å². The average Bonchev–Trinajstić information content (AvgIpc) is 3.45. The van der Waals surface area contributed by atoms with Gasteiger partial charge in [-0.05, 0) is 49.3 Å². The van der Waals surface area contributed by atoms with E-state index in [4.69, 9.17) is 4.74 Å². The van der Waals surface area contributed by atoms with Crippen LogP contribution in [-0.4, -0.2) is 61.6 Å². The number of ether oxygens (including phenoxy) is 1. The standard InChI is InChI=1S/C20H27FN2O2/c21-18-5-3-17(4-6-18)20(7-8-20)19(24)23-9-1-2-16(15-23)14-22-10-12-25-13-11-22/h3-6,16H,1-2,7-15H2/t16-/m1/s1. The molecule has 2 heterocycles. The summed E-state index contributed by atoms with van der Waals surface area (Å²) < 4.78 is 18.6. The first-order chi connectivity index (χ1) is 12.2. The fraction of sp³-hybridized carbons (Fsp3) is 0.650. The average molecular weight is 346 g/mol. The first-order valence-electron chi connectivity index (χ1n) is 9.53. The molecule has 1 saturated carbocycles. The molecule has 4 nitrogen and oxygen atoms in total. The van der Waals surface area contributed by atoms with Crippen LogP contribution in [0.25, 0.3) is 0 Å². The van der Waals surface area contributed by atoms with Crippen molar-refractivity contribution in [3.8, 4) is 0 Å². The number of morpholine rings is 1. The highest BCUT2D eigenvalue weighted by molar-refractivity contribution is 5.91. The second kappa shape index (κ2) is 7.04.